The summed E-state index contributed by atoms with van der Waals surface area (Å²) in [6.07, 6.45) is -3.62. The maximum absolute atomic E-state index is 12.0. The molecule has 0 spiro atoms. The van der Waals surface area contributed by atoms with Crippen LogP contribution in [0.2, 0.25) is 0 Å². The van der Waals surface area contributed by atoms with Gasteiger partial charge in [-0.05, 0) is 18.8 Å². The third kappa shape index (κ3) is 2.77. The lowest BCUT2D eigenvalue weighted by Gasteiger charge is -2.31. The number of halogens is 4. The lowest BCUT2D eigenvalue weighted by atomic mass is 9.99. The molecule has 2 nitrogen and oxygen atoms in total. The molecular weight excluding hydrogens is 219 g/mol. The summed E-state index contributed by atoms with van der Waals surface area (Å²) in [6, 6.07) is 0. The maximum Gasteiger partial charge on any atom is 0.471 e. The van der Waals surface area contributed by atoms with Gasteiger partial charge in [0.05, 0.1) is 0 Å². The highest BCUT2D eigenvalue weighted by Crippen LogP contribution is 2.24. The molecule has 1 amide bonds. The van der Waals surface area contributed by atoms with Gasteiger partial charge in [0.2, 0.25) is 0 Å². The molecular formula is C8H11ClF3NO. The van der Waals surface area contributed by atoms with Crippen LogP contribution in [0.1, 0.15) is 12.8 Å². The van der Waals surface area contributed by atoms with Gasteiger partial charge in [-0.3, -0.25) is 4.79 Å². The fourth-order valence-corrected chi connectivity index (χ4v) is 1.78. The number of rotatable bonds is 1. The van der Waals surface area contributed by atoms with Gasteiger partial charge in [0.25, 0.3) is 0 Å². The summed E-state index contributed by atoms with van der Waals surface area (Å²) in [5.74, 6) is -1.03. The largest absolute Gasteiger partial charge is 0.471 e. The molecule has 0 radical (unpaired) electrons. The van der Waals surface area contributed by atoms with Crippen molar-refractivity contribution in [3.8, 4) is 0 Å². The fraction of sp³-hybridized carbons (Fsp3) is 0.875. The van der Waals surface area contributed by atoms with Crippen LogP contribution in [0.15, 0.2) is 0 Å². The third-order valence-corrected chi connectivity index (χ3v) is 2.80. The summed E-state index contributed by atoms with van der Waals surface area (Å²) < 4.78 is 36.0. The van der Waals surface area contributed by atoms with E-state index in [9.17, 15) is 18.0 Å². The normalized spacial score (nSPS) is 19.9. The van der Waals surface area contributed by atoms with Crippen molar-refractivity contribution in [2.75, 3.05) is 19.0 Å². The van der Waals surface area contributed by atoms with Crippen LogP contribution in [-0.4, -0.2) is 36.0 Å². The SMILES string of the molecule is O=C(N1CCC(CCl)CC1)C(F)(F)F. The first-order chi connectivity index (χ1) is 6.45. The van der Waals surface area contributed by atoms with Crippen LogP contribution in [0.4, 0.5) is 13.2 Å². The Kier molecular flexibility index (Phi) is 3.64. The van der Waals surface area contributed by atoms with Gasteiger partial charge in [0.1, 0.15) is 0 Å². The second-order valence-corrected chi connectivity index (χ2v) is 3.70. The third-order valence-electron chi connectivity index (χ3n) is 2.36. The number of hydrogen-bond donors (Lipinski definition) is 0. The number of hydrogen-bond acceptors (Lipinski definition) is 1. The van der Waals surface area contributed by atoms with Crippen molar-refractivity contribution in [2.45, 2.75) is 19.0 Å². The Labute approximate surface area is 85.0 Å². The molecule has 1 aliphatic heterocycles. The van der Waals surface area contributed by atoms with E-state index in [2.05, 4.69) is 0 Å². The van der Waals surface area contributed by atoms with Crippen LogP contribution < -0.4 is 0 Å². The maximum atomic E-state index is 12.0. The molecule has 1 fully saturated rings. The molecule has 1 aliphatic rings. The first kappa shape index (κ1) is 11.6. The standard InChI is InChI=1S/C8H11ClF3NO/c9-5-6-1-3-13(4-2-6)7(14)8(10,11)12/h6H,1-5H2. The molecule has 82 valence electrons. The minimum Gasteiger partial charge on any atom is -0.335 e. The molecule has 1 heterocycles. The minimum atomic E-state index is -4.74. The number of nitrogens with zero attached hydrogens (tertiary/aromatic N) is 1. The molecule has 0 aromatic carbocycles. The smallest absolute Gasteiger partial charge is 0.335 e. The Morgan fingerprint density at radius 1 is 1.36 bits per heavy atom. The molecule has 0 unspecified atom stereocenters. The Bertz CT molecular complexity index is 211. The summed E-state index contributed by atoms with van der Waals surface area (Å²) in [4.78, 5) is 11.6. The van der Waals surface area contributed by atoms with E-state index < -0.39 is 12.1 Å². The molecule has 0 bridgehead atoms. The van der Waals surface area contributed by atoms with Crippen LogP contribution in [0.5, 0.6) is 0 Å². The summed E-state index contributed by atoms with van der Waals surface area (Å²) >= 11 is 5.57. The van der Waals surface area contributed by atoms with Gasteiger partial charge in [-0.1, -0.05) is 0 Å². The Morgan fingerprint density at radius 3 is 2.21 bits per heavy atom. The van der Waals surface area contributed by atoms with Crippen molar-refractivity contribution in [1.82, 2.24) is 4.90 Å². The molecule has 6 heteroatoms. The van der Waals surface area contributed by atoms with Crippen molar-refractivity contribution in [3.63, 3.8) is 0 Å². The van der Waals surface area contributed by atoms with Crippen LogP contribution in [0, 0.1) is 5.92 Å². The topological polar surface area (TPSA) is 20.3 Å². The van der Waals surface area contributed by atoms with Crippen LogP contribution in [0.3, 0.4) is 0 Å². The molecule has 0 atom stereocenters. The molecule has 1 saturated heterocycles. The molecule has 0 saturated carbocycles. The highest BCUT2D eigenvalue weighted by Gasteiger charge is 2.43. The molecule has 0 aliphatic carbocycles. The lowest BCUT2D eigenvalue weighted by molar-refractivity contribution is -0.186. The second-order valence-electron chi connectivity index (χ2n) is 3.39. The second kappa shape index (κ2) is 4.38. The van der Waals surface area contributed by atoms with Gasteiger partial charge in [0.15, 0.2) is 0 Å². The van der Waals surface area contributed by atoms with Crippen molar-refractivity contribution in [1.29, 1.82) is 0 Å². The predicted octanol–water partition coefficient (Wildman–Crippen LogP) is 2.03. The van der Waals surface area contributed by atoms with Gasteiger partial charge in [0, 0.05) is 19.0 Å². The Hall–Kier alpha value is -0.450. The van der Waals surface area contributed by atoms with E-state index >= 15 is 0 Å². The van der Waals surface area contributed by atoms with Crippen LogP contribution >= 0.6 is 11.6 Å². The van der Waals surface area contributed by atoms with Crippen LogP contribution in [0.25, 0.3) is 0 Å². The van der Waals surface area contributed by atoms with Gasteiger partial charge in [-0.15, -0.1) is 11.6 Å². The first-order valence-corrected chi connectivity index (χ1v) is 4.90. The van der Waals surface area contributed by atoms with Crippen molar-refractivity contribution < 1.29 is 18.0 Å². The van der Waals surface area contributed by atoms with E-state index in [-0.39, 0.29) is 19.0 Å². The first-order valence-electron chi connectivity index (χ1n) is 4.37. The average molecular weight is 230 g/mol. The number of carbonyl (C=O) groups excluding carboxylic acids is 1. The summed E-state index contributed by atoms with van der Waals surface area (Å²) in [6.45, 7) is 0.325. The van der Waals surface area contributed by atoms with Gasteiger partial charge >= 0.3 is 12.1 Å². The van der Waals surface area contributed by atoms with Gasteiger partial charge < -0.3 is 4.90 Å². The summed E-state index contributed by atoms with van der Waals surface area (Å²) in [5.41, 5.74) is 0. The highest BCUT2D eigenvalue weighted by molar-refractivity contribution is 6.18. The van der Waals surface area contributed by atoms with E-state index in [1.165, 1.54) is 0 Å². The zero-order chi connectivity index (χ0) is 10.8. The number of carbonyl (C=O) groups is 1. The number of amides is 1. The van der Waals surface area contributed by atoms with E-state index in [0.29, 0.717) is 18.7 Å². The number of likely N-dealkylation sites (tertiary alicyclic amines) is 1. The Morgan fingerprint density at radius 2 is 1.86 bits per heavy atom. The summed E-state index contributed by atoms with van der Waals surface area (Å²) in [5, 5.41) is 0. The van der Waals surface area contributed by atoms with E-state index in [1.54, 1.807) is 0 Å². The van der Waals surface area contributed by atoms with Gasteiger partial charge in [-0.2, -0.15) is 13.2 Å². The molecule has 1 rings (SSSR count). The van der Waals surface area contributed by atoms with Crippen molar-refractivity contribution in [2.24, 2.45) is 5.92 Å². The molecule has 0 aromatic rings. The summed E-state index contributed by atoms with van der Waals surface area (Å²) in [7, 11) is 0. The predicted molar refractivity (Wildman–Crippen MR) is 46.1 cm³/mol. The molecule has 14 heavy (non-hydrogen) atoms. The lowest BCUT2D eigenvalue weighted by Crippen LogP contribution is -2.45. The van der Waals surface area contributed by atoms with E-state index in [0.717, 1.165) is 4.90 Å². The number of alkyl halides is 4. The zero-order valence-electron chi connectivity index (χ0n) is 7.48. The minimum absolute atomic E-state index is 0.162. The zero-order valence-corrected chi connectivity index (χ0v) is 8.24. The monoisotopic (exact) mass is 229 g/mol. The van der Waals surface area contributed by atoms with Crippen molar-refractivity contribution >= 4 is 17.5 Å². The Balaban J connectivity index is 2.46. The average Bonchev–Trinajstić information content (AvgIpc) is 2.15. The molecule has 0 aromatic heterocycles. The quantitative estimate of drug-likeness (QED) is 0.630. The van der Waals surface area contributed by atoms with E-state index in [1.807, 2.05) is 0 Å². The van der Waals surface area contributed by atoms with Crippen molar-refractivity contribution in [3.05, 3.63) is 0 Å². The van der Waals surface area contributed by atoms with E-state index in [4.69, 9.17) is 11.6 Å². The van der Waals surface area contributed by atoms with Crippen LogP contribution in [-0.2, 0) is 4.79 Å². The number of piperidine rings is 1. The highest BCUT2D eigenvalue weighted by atomic mass is 35.5. The van der Waals surface area contributed by atoms with Gasteiger partial charge in [-0.25, -0.2) is 0 Å². The molecule has 0 N–H and O–H groups in total. The fourth-order valence-electron chi connectivity index (χ4n) is 1.47.